The maximum absolute atomic E-state index is 3.72. The SMILES string of the molecule is Cc1cc(C)cc(C(C)NCC2CCCCC2)c1. The van der Waals surface area contributed by atoms with E-state index in [4.69, 9.17) is 0 Å². The number of aryl methyl sites for hydroxylation is 2. The highest BCUT2D eigenvalue weighted by Crippen LogP contribution is 2.24. The molecule has 1 atom stereocenters. The molecule has 1 heteroatoms. The lowest BCUT2D eigenvalue weighted by Gasteiger charge is -2.24. The van der Waals surface area contributed by atoms with Crippen molar-refractivity contribution < 1.29 is 0 Å². The van der Waals surface area contributed by atoms with Crippen molar-refractivity contribution in [3.8, 4) is 0 Å². The van der Waals surface area contributed by atoms with Gasteiger partial charge < -0.3 is 5.32 Å². The summed E-state index contributed by atoms with van der Waals surface area (Å²) in [4.78, 5) is 0. The van der Waals surface area contributed by atoms with Crippen molar-refractivity contribution in [3.05, 3.63) is 34.9 Å². The van der Waals surface area contributed by atoms with E-state index in [-0.39, 0.29) is 0 Å². The fourth-order valence-corrected chi connectivity index (χ4v) is 3.11. The molecule has 1 unspecified atom stereocenters. The predicted molar refractivity (Wildman–Crippen MR) is 78.9 cm³/mol. The van der Waals surface area contributed by atoms with Crippen molar-refractivity contribution >= 4 is 0 Å². The van der Waals surface area contributed by atoms with Gasteiger partial charge >= 0.3 is 0 Å². The lowest BCUT2D eigenvalue weighted by molar-refractivity contribution is 0.331. The largest absolute Gasteiger partial charge is 0.310 e. The average molecular weight is 245 g/mol. The summed E-state index contributed by atoms with van der Waals surface area (Å²) >= 11 is 0. The van der Waals surface area contributed by atoms with E-state index in [0.29, 0.717) is 6.04 Å². The van der Waals surface area contributed by atoms with Crippen molar-refractivity contribution in [2.75, 3.05) is 6.54 Å². The standard InChI is InChI=1S/C17H27N/c1-13-9-14(2)11-17(10-13)15(3)18-12-16-7-5-4-6-8-16/h9-11,15-16,18H,4-8,12H2,1-3H3. The van der Waals surface area contributed by atoms with Gasteiger partial charge in [-0.15, -0.1) is 0 Å². The van der Waals surface area contributed by atoms with E-state index in [0.717, 1.165) is 5.92 Å². The third kappa shape index (κ3) is 3.84. The zero-order valence-corrected chi connectivity index (χ0v) is 12.1. The van der Waals surface area contributed by atoms with Gasteiger partial charge in [-0.3, -0.25) is 0 Å². The Labute approximate surface area is 112 Å². The Morgan fingerprint density at radius 3 is 2.28 bits per heavy atom. The van der Waals surface area contributed by atoms with Gasteiger partial charge in [0.25, 0.3) is 0 Å². The highest BCUT2D eigenvalue weighted by molar-refractivity contribution is 5.30. The molecule has 1 nitrogen and oxygen atoms in total. The monoisotopic (exact) mass is 245 g/mol. The summed E-state index contributed by atoms with van der Waals surface area (Å²) in [5.74, 6) is 0.909. The van der Waals surface area contributed by atoms with Gasteiger partial charge in [0.2, 0.25) is 0 Å². The van der Waals surface area contributed by atoms with Crippen LogP contribution in [-0.4, -0.2) is 6.54 Å². The number of hydrogen-bond donors (Lipinski definition) is 1. The van der Waals surface area contributed by atoms with Crippen molar-refractivity contribution in [1.82, 2.24) is 5.32 Å². The summed E-state index contributed by atoms with van der Waals surface area (Å²) < 4.78 is 0. The van der Waals surface area contributed by atoms with Crippen molar-refractivity contribution in [2.24, 2.45) is 5.92 Å². The van der Waals surface area contributed by atoms with Crippen LogP contribution in [0.5, 0.6) is 0 Å². The van der Waals surface area contributed by atoms with Crippen molar-refractivity contribution in [2.45, 2.75) is 58.9 Å². The van der Waals surface area contributed by atoms with Gasteiger partial charge in [0, 0.05) is 6.04 Å². The summed E-state index contributed by atoms with van der Waals surface area (Å²) in [6.07, 6.45) is 7.16. The minimum Gasteiger partial charge on any atom is -0.310 e. The Morgan fingerprint density at radius 1 is 1.06 bits per heavy atom. The Morgan fingerprint density at radius 2 is 1.67 bits per heavy atom. The second-order valence-electron chi connectivity index (χ2n) is 6.06. The van der Waals surface area contributed by atoms with Gasteiger partial charge in [-0.1, -0.05) is 48.6 Å². The maximum Gasteiger partial charge on any atom is 0.0292 e. The molecule has 0 radical (unpaired) electrons. The summed E-state index contributed by atoms with van der Waals surface area (Å²) in [6.45, 7) is 7.85. The Hall–Kier alpha value is -0.820. The summed E-state index contributed by atoms with van der Waals surface area (Å²) in [7, 11) is 0. The predicted octanol–water partition coefficient (Wildman–Crippen LogP) is 4.53. The fourth-order valence-electron chi connectivity index (χ4n) is 3.11. The Kier molecular flexibility index (Phi) is 4.82. The Bertz CT molecular complexity index is 357. The molecule has 1 fully saturated rings. The third-order valence-electron chi connectivity index (χ3n) is 4.18. The van der Waals surface area contributed by atoms with Gasteiger partial charge in [0.1, 0.15) is 0 Å². The summed E-state index contributed by atoms with van der Waals surface area (Å²) in [6, 6.07) is 7.35. The van der Waals surface area contributed by atoms with Gasteiger partial charge in [-0.2, -0.15) is 0 Å². The van der Waals surface area contributed by atoms with E-state index >= 15 is 0 Å². The molecule has 0 bridgehead atoms. The highest BCUT2D eigenvalue weighted by Gasteiger charge is 2.14. The molecule has 0 amide bonds. The second-order valence-corrected chi connectivity index (χ2v) is 6.06. The van der Waals surface area contributed by atoms with Crippen LogP contribution in [0.15, 0.2) is 18.2 Å². The molecule has 0 saturated heterocycles. The topological polar surface area (TPSA) is 12.0 Å². The molecular formula is C17H27N. The first-order valence-corrected chi connectivity index (χ1v) is 7.47. The molecule has 2 rings (SSSR count). The van der Waals surface area contributed by atoms with Crippen molar-refractivity contribution in [3.63, 3.8) is 0 Å². The van der Waals surface area contributed by atoms with Crippen LogP contribution in [-0.2, 0) is 0 Å². The molecule has 0 heterocycles. The molecule has 18 heavy (non-hydrogen) atoms. The van der Waals surface area contributed by atoms with E-state index in [9.17, 15) is 0 Å². The molecular weight excluding hydrogens is 218 g/mol. The van der Waals surface area contributed by atoms with Crippen LogP contribution in [0.3, 0.4) is 0 Å². The minimum atomic E-state index is 0.477. The zero-order chi connectivity index (χ0) is 13.0. The first-order valence-electron chi connectivity index (χ1n) is 7.47. The fraction of sp³-hybridized carbons (Fsp3) is 0.647. The minimum absolute atomic E-state index is 0.477. The smallest absolute Gasteiger partial charge is 0.0292 e. The molecule has 1 aliphatic carbocycles. The lowest BCUT2D eigenvalue weighted by atomic mass is 9.89. The lowest BCUT2D eigenvalue weighted by Crippen LogP contribution is -2.27. The maximum atomic E-state index is 3.72. The van der Waals surface area contributed by atoms with Crippen LogP contribution in [0.25, 0.3) is 0 Å². The van der Waals surface area contributed by atoms with Crippen LogP contribution < -0.4 is 5.32 Å². The van der Waals surface area contributed by atoms with Crippen molar-refractivity contribution in [1.29, 1.82) is 0 Å². The Balaban J connectivity index is 1.88. The highest BCUT2D eigenvalue weighted by atomic mass is 14.9. The van der Waals surface area contributed by atoms with E-state index in [2.05, 4.69) is 44.3 Å². The van der Waals surface area contributed by atoms with Gasteiger partial charge in [0.05, 0.1) is 0 Å². The van der Waals surface area contributed by atoms with E-state index in [1.807, 2.05) is 0 Å². The number of hydrogen-bond acceptors (Lipinski definition) is 1. The number of rotatable bonds is 4. The quantitative estimate of drug-likeness (QED) is 0.821. The molecule has 1 aliphatic rings. The van der Waals surface area contributed by atoms with Crippen LogP contribution in [0.1, 0.15) is 61.8 Å². The summed E-state index contributed by atoms with van der Waals surface area (Å²) in [5.41, 5.74) is 4.18. The second kappa shape index (κ2) is 6.38. The average Bonchev–Trinajstić information content (AvgIpc) is 2.36. The third-order valence-corrected chi connectivity index (χ3v) is 4.18. The molecule has 1 aromatic rings. The van der Waals surface area contributed by atoms with Crippen LogP contribution >= 0.6 is 0 Å². The van der Waals surface area contributed by atoms with Gasteiger partial charge in [0.15, 0.2) is 0 Å². The molecule has 1 aromatic carbocycles. The first kappa shape index (κ1) is 13.6. The molecule has 0 spiro atoms. The van der Waals surface area contributed by atoms with E-state index < -0.39 is 0 Å². The molecule has 0 aliphatic heterocycles. The molecule has 100 valence electrons. The summed E-state index contributed by atoms with van der Waals surface area (Å²) in [5, 5.41) is 3.72. The molecule has 1 N–H and O–H groups in total. The number of benzene rings is 1. The van der Waals surface area contributed by atoms with Crippen LogP contribution in [0, 0.1) is 19.8 Å². The first-order chi connectivity index (χ1) is 8.65. The van der Waals surface area contributed by atoms with E-state index in [1.165, 1.54) is 55.3 Å². The number of nitrogens with one attached hydrogen (secondary N) is 1. The zero-order valence-electron chi connectivity index (χ0n) is 12.1. The normalized spacial score (nSPS) is 18.8. The van der Waals surface area contributed by atoms with Crippen LogP contribution in [0.2, 0.25) is 0 Å². The van der Waals surface area contributed by atoms with Gasteiger partial charge in [-0.05, 0) is 51.6 Å². The molecule has 1 saturated carbocycles. The molecule has 0 aromatic heterocycles. The van der Waals surface area contributed by atoms with Gasteiger partial charge in [-0.25, -0.2) is 0 Å². The van der Waals surface area contributed by atoms with Crippen LogP contribution in [0.4, 0.5) is 0 Å². The van der Waals surface area contributed by atoms with E-state index in [1.54, 1.807) is 0 Å².